The molecule has 0 radical (unpaired) electrons. The number of aromatic nitrogens is 2. The maximum Gasteiger partial charge on any atom is 0.271 e. The first-order valence-corrected chi connectivity index (χ1v) is 8.67. The molecule has 2 aromatic rings. The predicted molar refractivity (Wildman–Crippen MR) is 89.0 cm³/mol. The van der Waals surface area contributed by atoms with Gasteiger partial charge < -0.3 is 10.6 Å². The largest absolute Gasteiger partial charge is 0.357 e. The highest BCUT2D eigenvalue weighted by atomic mass is 32.2. The van der Waals surface area contributed by atoms with Crippen LogP contribution in [0.15, 0.2) is 28.6 Å². The lowest BCUT2D eigenvalue weighted by atomic mass is 10.3. The molecule has 1 aromatic carbocycles. The van der Waals surface area contributed by atoms with Crippen molar-refractivity contribution in [3.63, 3.8) is 0 Å². The Balaban J connectivity index is 1.50. The van der Waals surface area contributed by atoms with E-state index in [1.165, 1.54) is 41.3 Å². The number of hydrogen-bond donors (Lipinski definition) is 2. The lowest BCUT2D eigenvalue weighted by Gasteiger charge is -2.03. The summed E-state index contributed by atoms with van der Waals surface area (Å²) in [6.45, 7) is 0. The second kappa shape index (κ2) is 6.92. The molecule has 1 amide bonds. The zero-order valence-electron chi connectivity index (χ0n) is 11.9. The topological polar surface area (TPSA) is 110 Å². The number of carbonyl (C=O) groups excluding carboxylic acids is 1. The van der Waals surface area contributed by atoms with Crippen molar-refractivity contribution in [1.29, 1.82) is 0 Å². The van der Waals surface area contributed by atoms with E-state index in [0.717, 1.165) is 18.0 Å². The molecule has 1 aliphatic carbocycles. The zero-order valence-corrected chi connectivity index (χ0v) is 13.5. The number of carbonyl (C=O) groups is 1. The van der Waals surface area contributed by atoms with Crippen molar-refractivity contribution in [2.75, 3.05) is 16.4 Å². The van der Waals surface area contributed by atoms with Gasteiger partial charge in [-0.2, -0.15) is 0 Å². The number of nitrogens with zero attached hydrogens (tertiary/aromatic N) is 3. The van der Waals surface area contributed by atoms with E-state index in [-0.39, 0.29) is 17.3 Å². The first kappa shape index (κ1) is 15.7. The van der Waals surface area contributed by atoms with Crippen LogP contribution in [0.25, 0.3) is 0 Å². The van der Waals surface area contributed by atoms with Gasteiger partial charge in [-0.1, -0.05) is 29.2 Å². The quantitative estimate of drug-likeness (QED) is 0.448. The molecule has 1 fully saturated rings. The molecule has 1 aliphatic rings. The number of anilines is 2. The van der Waals surface area contributed by atoms with Gasteiger partial charge in [0.05, 0.1) is 10.7 Å². The van der Waals surface area contributed by atoms with E-state index in [4.69, 9.17) is 0 Å². The van der Waals surface area contributed by atoms with Gasteiger partial charge in [-0.25, -0.2) is 0 Å². The Bertz CT molecular complexity index is 732. The normalized spacial score (nSPS) is 13.6. The Morgan fingerprint density at radius 1 is 1.43 bits per heavy atom. The lowest BCUT2D eigenvalue weighted by molar-refractivity contribution is -0.384. The highest BCUT2D eigenvalue weighted by Crippen LogP contribution is 2.30. The molecule has 0 unspecified atom stereocenters. The van der Waals surface area contributed by atoms with Crippen LogP contribution >= 0.6 is 23.1 Å². The van der Waals surface area contributed by atoms with E-state index in [1.807, 2.05) is 0 Å². The first-order chi connectivity index (χ1) is 11.1. The second-order valence-electron chi connectivity index (χ2n) is 4.94. The zero-order chi connectivity index (χ0) is 16.2. The number of thioether (sulfide) groups is 1. The van der Waals surface area contributed by atoms with Gasteiger partial charge in [0.15, 0.2) is 4.34 Å². The van der Waals surface area contributed by atoms with Crippen molar-refractivity contribution in [2.45, 2.75) is 23.2 Å². The van der Waals surface area contributed by atoms with Crippen LogP contribution in [0, 0.1) is 10.1 Å². The molecule has 1 heterocycles. The van der Waals surface area contributed by atoms with Crippen LogP contribution in [-0.2, 0) is 4.79 Å². The molecule has 3 rings (SSSR count). The van der Waals surface area contributed by atoms with Crippen molar-refractivity contribution in [1.82, 2.24) is 10.2 Å². The minimum absolute atomic E-state index is 0.0598. The molecular weight excluding hydrogens is 338 g/mol. The highest BCUT2D eigenvalue weighted by Gasteiger charge is 2.22. The minimum Gasteiger partial charge on any atom is -0.357 e. The van der Waals surface area contributed by atoms with Crippen molar-refractivity contribution in [3.05, 3.63) is 34.4 Å². The van der Waals surface area contributed by atoms with Crippen LogP contribution in [0.3, 0.4) is 0 Å². The van der Waals surface area contributed by atoms with Gasteiger partial charge in [0, 0.05) is 23.9 Å². The number of nitro benzene ring substituents is 1. The highest BCUT2D eigenvalue weighted by molar-refractivity contribution is 8.01. The third-order valence-electron chi connectivity index (χ3n) is 2.98. The molecule has 8 nitrogen and oxygen atoms in total. The SMILES string of the molecule is O=C(CSc1nnc(NC2CC2)s1)Nc1cccc([N+](=O)[O-])c1. The van der Waals surface area contributed by atoms with Crippen LogP contribution in [0.1, 0.15) is 12.8 Å². The standard InChI is InChI=1S/C13H13N5O3S2/c19-11(14-9-2-1-3-10(6-9)18(20)21)7-22-13-17-16-12(23-13)15-8-4-5-8/h1-3,6,8H,4-5,7H2,(H,14,19)(H,15,16). The van der Waals surface area contributed by atoms with Crippen molar-refractivity contribution >= 4 is 45.5 Å². The Labute approximate surface area is 139 Å². The van der Waals surface area contributed by atoms with Gasteiger partial charge in [0.25, 0.3) is 5.69 Å². The van der Waals surface area contributed by atoms with E-state index in [9.17, 15) is 14.9 Å². The van der Waals surface area contributed by atoms with E-state index in [1.54, 1.807) is 6.07 Å². The van der Waals surface area contributed by atoms with Gasteiger partial charge >= 0.3 is 0 Å². The maximum absolute atomic E-state index is 11.9. The smallest absolute Gasteiger partial charge is 0.271 e. The van der Waals surface area contributed by atoms with Crippen LogP contribution in [0.4, 0.5) is 16.5 Å². The molecule has 0 aliphatic heterocycles. The molecule has 0 saturated heterocycles. The molecule has 2 N–H and O–H groups in total. The van der Waals surface area contributed by atoms with Crippen LogP contribution < -0.4 is 10.6 Å². The van der Waals surface area contributed by atoms with E-state index >= 15 is 0 Å². The number of nitro groups is 1. The summed E-state index contributed by atoms with van der Waals surface area (Å²) >= 11 is 2.70. The summed E-state index contributed by atoms with van der Waals surface area (Å²) in [7, 11) is 0. The Hall–Kier alpha value is -2.20. The number of hydrogen-bond acceptors (Lipinski definition) is 8. The van der Waals surface area contributed by atoms with E-state index < -0.39 is 4.92 Å². The summed E-state index contributed by atoms with van der Waals surface area (Å²) in [6, 6.07) is 6.35. The number of amides is 1. The predicted octanol–water partition coefficient (Wildman–Crippen LogP) is 2.75. The average molecular weight is 351 g/mol. The van der Waals surface area contributed by atoms with E-state index in [0.29, 0.717) is 16.1 Å². The summed E-state index contributed by atoms with van der Waals surface area (Å²) < 4.78 is 0.711. The van der Waals surface area contributed by atoms with Gasteiger partial charge in [0.2, 0.25) is 11.0 Å². The molecule has 23 heavy (non-hydrogen) atoms. The number of nitrogens with one attached hydrogen (secondary N) is 2. The Morgan fingerprint density at radius 3 is 3.00 bits per heavy atom. The molecular formula is C13H13N5O3S2. The Morgan fingerprint density at radius 2 is 2.26 bits per heavy atom. The molecule has 10 heteroatoms. The number of benzene rings is 1. The summed E-state index contributed by atoms with van der Waals surface area (Å²) in [5, 5.41) is 25.4. The van der Waals surface area contributed by atoms with Crippen molar-refractivity contribution in [3.8, 4) is 0 Å². The summed E-state index contributed by atoms with van der Waals surface area (Å²) in [6.07, 6.45) is 2.32. The fraction of sp³-hybridized carbons (Fsp3) is 0.308. The fourth-order valence-corrected chi connectivity index (χ4v) is 3.38. The summed E-state index contributed by atoms with van der Waals surface area (Å²) in [5.41, 5.74) is 0.341. The van der Waals surface area contributed by atoms with Gasteiger partial charge in [-0.05, 0) is 18.9 Å². The van der Waals surface area contributed by atoms with Gasteiger partial charge in [-0.15, -0.1) is 10.2 Å². The average Bonchev–Trinajstić information content (AvgIpc) is 3.22. The van der Waals surface area contributed by atoms with Crippen LogP contribution in [0.5, 0.6) is 0 Å². The molecule has 0 spiro atoms. The summed E-state index contributed by atoms with van der Waals surface area (Å²) in [4.78, 5) is 22.1. The molecule has 1 aromatic heterocycles. The summed E-state index contributed by atoms with van der Waals surface area (Å²) in [5.74, 6) is -0.0804. The van der Waals surface area contributed by atoms with Crippen LogP contribution in [-0.4, -0.2) is 32.8 Å². The minimum atomic E-state index is -0.500. The first-order valence-electron chi connectivity index (χ1n) is 6.87. The molecule has 120 valence electrons. The van der Waals surface area contributed by atoms with Crippen molar-refractivity contribution in [2.24, 2.45) is 0 Å². The lowest BCUT2D eigenvalue weighted by Crippen LogP contribution is -2.14. The molecule has 0 atom stereocenters. The van der Waals surface area contributed by atoms with Gasteiger partial charge in [0.1, 0.15) is 0 Å². The van der Waals surface area contributed by atoms with Crippen molar-refractivity contribution < 1.29 is 9.72 Å². The molecule has 1 saturated carbocycles. The molecule has 0 bridgehead atoms. The second-order valence-corrected chi connectivity index (χ2v) is 7.14. The van der Waals surface area contributed by atoms with Gasteiger partial charge in [-0.3, -0.25) is 14.9 Å². The fourth-order valence-electron chi connectivity index (χ4n) is 1.75. The Kier molecular flexibility index (Phi) is 4.72. The maximum atomic E-state index is 11.9. The number of non-ortho nitro benzene ring substituents is 1. The number of rotatable bonds is 7. The monoisotopic (exact) mass is 351 g/mol. The van der Waals surface area contributed by atoms with Crippen LogP contribution in [0.2, 0.25) is 0 Å². The third-order valence-corrected chi connectivity index (χ3v) is 4.97. The van der Waals surface area contributed by atoms with E-state index in [2.05, 4.69) is 20.8 Å². The third kappa shape index (κ3) is 4.63.